The maximum Gasteiger partial charge on any atom is 0.257 e. The molecule has 2 aromatic carbocycles. The van der Waals surface area contributed by atoms with Crippen LogP contribution in [0.2, 0.25) is 0 Å². The molecule has 0 spiro atoms. The number of nitrogens with one attached hydrogen (secondary N) is 1. The molecule has 1 amide bonds. The summed E-state index contributed by atoms with van der Waals surface area (Å²) in [5, 5.41) is 6.78. The molecule has 0 unspecified atom stereocenters. The number of aromatic nitrogens is 1. The molecule has 1 aliphatic heterocycles. The number of ether oxygens (including phenoxy) is 1. The number of hydrogen-bond donors (Lipinski definition) is 2. The van der Waals surface area contributed by atoms with Crippen LogP contribution in [-0.4, -0.2) is 49.3 Å². The zero-order valence-corrected chi connectivity index (χ0v) is 17.5. The molecule has 2 heterocycles. The van der Waals surface area contributed by atoms with Gasteiger partial charge in [0, 0.05) is 44.0 Å². The van der Waals surface area contributed by atoms with Gasteiger partial charge in [0.15, 0.2) is 5.76 Å². The second-order valence-electron chi connectivity index (χ2n) is 7.40. The van der Waals surface area contributed by atoms with Crippen LogP contribution in [0.3, 0.4) is 0 Å². The van der Waals surface area contributed by atoms with E-state index in [9.17, 15) is 4.79 Å². The van der Waals surface area contributed by atoms with Gasteiger partial charge in [-0.1, -0.05) is 59.8 Å². The monoisotopic (exact) mass is 418 g/mol. The summed E-state index contributed by atoms with van der Waals surface area (Å²) in [6.45, 7) is 4.34. The van der Waals surface area contributed by atoms with Crippen molar-refractivity contribution < 1.29 is 14.1 Å². The van der Waals surface area contributed by atoms with Crippen molar-refractivity contribution in [1.29, 1.82) is 0 Å². The van der Waals surface area contributed by atoms with Crippen LogP contribution in [0.1, 0.15) is 27.2 Å². The Hall–Kier alpha value is -3.42. The van der Waals surface area contributed by atoms with Crippen LogP contribution in [0, 0.1) is 0 Å². The lowest BCUT2D eigenvalue weighted by atomic mass is 10.0. The number of nitrogens with two attached hydrogens (primary N) is 1. The molecule has 1 saturated heterocycles. The van der Waals surface area contributed by atoms with E-state index in [1.165, 1.54) is 5.56 Å². The van der Waals surface area contributed by atoms with Crippen LogP contribution in [0.4, 0.5) is 0 Å². The standard InChI is InChI=1S/C24H26N4O3/c1-26-24(29)22-21(31-27-23(22)19-5-3-2-4-6-19)15-20(25)18-9-7-17(8-10-18)16-28-11-13-30-14-12-28/h2-10,15H,11-14,16,25H2,1H3,(H,26,29)/b20-15-. The normalized spacial score (nSPS) is 15.1. The van der Waals surface area contributed by atoms with Crippen LogP contribution in [0.25, 0.3) is 23.0 Å². The second-order valence-corrected chi connectivity index (χ2v) is 7.40. The molecule has 0 bridgehead atoms. The van der Waals surface area contributed by atoms with E-state index in [4.69, 9.17) is 15.0 Å². The highest BCUT2D eigenvalue weighted by atomic mass is 16.5. The minimum Gasteiger partial charge on any atom is -0.398 e. The Morgan fingerprint density at radius 2 is 1.84 bits per heavy atom. The number of benzene rings is 2. The molecule has 7 heteroatoms. The van der Waals surface area contributed by atoms with Gasteiger partial charge in [-0.15, -0.1) is 0 Å². The molecule has 31 heavy (non-hydrogen) atoms. The Labute approximate surface area is 181 Å². The molecule has 0 radical (unpaired) electrons. The van der Waals surface area contributed by atoms with Crippen LogP contribution in [-0.2, 0) is 11.3 Å². The lowest BCUT2D eigenvalue weighted by Crippen LogP contribution is -2.35. The maximum atomic E-state index is 12.5. The summed E-state index contributed by atoms with van der Waals surface area (Å²) in [5.41, 5.74) is 10.6. The second kappa shape index (κ2) is 9.59. The van der Waals surface area contributed by atoms with E-state index in [1.54, 1.807) is 13.1 Å². The highest BCUT2D eigenvalue weighted by Gasteiger charge is 2.22. The molecule has 0 aliphatic carbocycles. The van der Waals surface area contributed by atoms with Crippen molar-refractivity contribution in [1.82, 2.24) is 15.4 Å². The average Bonchev–Trinajstić information content (AvgIpc) is 3.23. The molecular formula is C24H26N4O3. The summed E-state index contributed by atoms with van der Waals surface area (Å²) in [5.74, 6) is 0.0492. The van der Waals surface area contributed by atoms with Crippen LogP contribution in [0.5, 0.6) is 0 Å². The van der Waals surface area contributed by atoms with Crippen molar-refractivity contribution in [2.45, 2.75) is 6.54 Å². The number of carbonyl (C=O) groups is 1. The third-order valence-electron chi connectivity index (χ3n) is 5.30. The Bertz CT molecular complexity index is 1050. The maximum absolute atomic E-state index is 12.5. The minimum absolute atomic E-state index is 0.278. The molecule has 4 rings (SSSR count). The van der Waals surface area contributed by atoms with E-state index in [0.29, 0.717) is 22.7 Å². The Morgan fingerprint density at radius 1 is 1.13 bits per heavy atom. The van der Waals surface area contributed by atoms with Gasteiger partial charge in [-0.25, -0.2) is 0 Å². The van der Waals surface area contributed by atoms with Gasteiger partial charge in [0.05, 0.1) is 13.2 Å². The summed E-state index contributed by atoms with van der Waals surface area (Å²) >= 11 is 0. The van der Waals surface area contributed by atoms with Crippen molar-refractivity contribution in [3.8, 4) is 11.3 Å². The quantitative estimate of drug-likeness (QED) is 0.639. The van der Waals surface area contributed by atoms with Crippen LogP contribution < -0.4 is 11.1 Å². The molecule has 0 saturated carbocycles. The molecule has 1 aliphatic rings. The summed E-state index contributed by atoms with van der Waals surface area (Å²) in [7, 11) is 1.58. The third kappa shape index (κ3) is 4.84. The van der Waals surface area contributed by atoms with E-state index < -0.39 is 0 Å². The van der Waals surface area contributed by atoms with Gasteiger partial charge in [-0.2, -0.15) is 0 Å². The van der Waals surface area contributed by atoms with Crippen molar-refractivity contribution in [2.24, 2.45) is 5.73 Å². The van der Waals surface area contributed by atoms with E-state index >= 15 is 0 Å². The first-order valence-corrected chi connectivity index (χ1v) is 10.3. The topological polar surface area (TPSA) is 93.6 Å². The summed E-state index contributed by atoms with van der Waals surface area (Å²) in [4.78, 5) is 14.9. The van der Waals surface area contributed by atoms with Crippen molar-refractivity contribution >= 4 is 17.7 Å². The highest BCUT2D eigenvalue weighted by Crippen LogP contribution is 2.27. The molecular weight excluding hydrogens is 392 g/mol. The van der Waals surface area contributed by atoms with Gasteiger partial charge < -0.3 is 20.3 Å². The van der Waals surface area contributed by atoms with Crippen molar-refractivity contribution in [2.75, 3.05) is 33.4 Å². The predicted octanol–water partition coefficient (Wildman–Crippen LogP) is 2.99. The van der Waals surface area contributed by atoms with E-state index in [1.807, 2.05) is 42.5 Å². The van der Waals surface area contributed by atoms with Gasteiger partial charge in [0.1, 0.15) is 11.3 Å². The average molecular weight is 418 g/mol. The fraction of sp³-hybridized carbons (Fsp3) is 0.250. The first kappa shape index (κ1) is 20.8. The van der Waals surface area contributed by atoms with Gasteiger partial charge >= 0.3 is 0 Å². The molecule has 0 atom stereocenters. The fourth-order valence-corrected chi connectivity index (χ4v) is 3.58. The molecule has 1 aromatic heterocycles. The molecule has 7 nitrogen and oxygen atoms in total. The smallest absolute Gasteiger partial charge is 0.257 e. The highest BCUT2D eigenvalue weighted by molar-refractivity contribution is 6.03. The third-order valence-corrected chi connectivity index (χ3v) is 5.30. The first-order valence-electron chi connectivity index (χ1n) is 10.3. The zero-order valence-electron chi connectivity index (χ0n) is 17.5. The Balaban J connectivity index is 1.58. The van der Waals surface area contributed by atoms with Gasteiger partial charge in [-0.05, 0) is 11.1 Å². The van der Waals surface area contributed by atoms with Crippen molar-refractivity contribution in [3.63, 3.8) is 0 Å². The lowest BCUT2D eigenvalue weighted by Gasteiger charge is -2.26. The largest absolute Gasteiger partial charge is 0.398 e. The van der Waals surface area contributed by atoms with Crippen LogP contribution in [0.15, 0.2) is 59.1 Å². The van der Waals surface area contributed by atoms with Crippen molar-refractivity contribution in [3.05, 3.63) is 77.0 Å². The lowest BCUT2D eigenvalue weighted by molar-refractivity contribution is 0.0342. The summed E-state index contributed by atoms with van der Waals surface area (Å²) in [6.07, 6.45) is 1.65. The minimum atomic E-state index is -0.278. The summed E-state index contributed by atoms with van der Waals surface area (Å²) < 4.78 is 10.9. The number of rotatable bonds is 6. The number of morpholine rings is 1. The number of hydrogen-bond acceptors (Lipinski definition) is 6. The zero-order chi connectivity index (χ0) is 21.6. The fourth-order valence-electron chi connectivity index (χ4n) is 3.58. The van der Waals surface area contributed by atoms with Gasteiger partial charge in [0.2, 0.25) is 0 Å². The number of nitrogens with zero attached hydrogens (tertiary/aromatic N) is 2. The first-order chi connectivity index (χ1) is 15.2. The molecule has 160 valence electrons. The van der Waals surface area contributed by atoms with Gasteiger partial charge in [0.25, 0.3) is 5.91 Å². The molecule has 3 aromatic rings. The summed E-state index contributed by atoms with van der Waals surface area (Å²) in [6, 6.07) is 17.6. The van der Waals surface area contributed by atoms with Gasteiger partial charge in [-0.3, -0.25) is 9.69 Å². The Kier molecular flexibility index (Phi) is 6.45. The van der Waals surface area contributed by atoms with Crippen LogP contribution >= 0.6 is 0 Å². The molecule has 3 N–H and O–H groups in total. The predicted molar refractivity (Wildman–Crippen MR) is 120 cm³/mol. The van der Waals surface area contributed by atoms with E-state index in [-0.39, 0.29) is 5.91 Å². The number of carbonyl (C=O) groups excluding carboxylic acids is 1. The SMILES string of the molecule is CNC(=O)c1c(-c2ccccc2)noc1/C=C(\N)c1ccc(CN2CCOCC2)cc1. The Morgan fingerprint density at radius 3 is 2.52 bits per heavy atom. The number of amides is 1. The van der Waals surface area contributed by atoms with E-state index in [0.717, 1.165) is 44.0 Å². The molecule has 1 fully saturated rings. The van der Waals surface area contributed by atoms with E-state index in [2.05, 4.69) is 27.5 Å².